The highest BCUT2D eigenvalue weighted by molar-refractivity contribution is 5.50. The van der Waals surface area contributed by atoms with Gasteiger partial charge in [-0.25, -0.2) is 0 Å². The lowest BCUT2D eigenvalue weighted by Crippen LogP contribution is -2.01. The van der Waals surface area contributed by atoms with Crippen LogP contribution in [0.1, 0.15) is 11.1 Å². The number of nitro benzene ring substituents is 1. The van der Waals surface area contributed by atoms with Gasteiger partial charge in [0, 0.05) is 6.07 Å². The molecule has 0 radical (unpaired) electrons. The zero-order chi connectivity index (χ0) is 14.4. The Bertz CT molecular complexity index is 648. The molecule has 5 heteroatoms. The molecule has 0 aliphatic rings. The van der Waals surface area contributed by atoms with Gasteiger partial charge < -0.3 is 4.74 Å². The summed E-state index contributed by atoms with van der Waals surface area (Å²) in [7, 11) is 0. The lowest BCUT2D eigenvalue weighted by molar-refractivity contribution is -0.385. The van der Waals surface area contributed by atoms with Gasteiger partial charge in [0.25, 0.3) is 5.69 Å². The standard InChI is InChI=1S/C15H12N2O3/c16-10-9-13-14(17(18)19)7-4-8-15(13)20-11-12-5-2-1-3-6-12/h1-8H,9,11H2. The highest BCUT2D eigenvalue weighted by Crippen LogP contribution is 2.29. The number of rotatable bonds is 5. The molecule has 0 bridgehead atoms. The van der Waals surface area contributed by atoms with E-state index >= 15 is 0 Å². The van der Waals surface area contributed by atoms with E-state index in [1.54, 1.807) is 12.1 Å². The maximum atomic E-state index is 11.0. The number of ether oxygens (including phenoxy) is 1. The second kappa shape index (κ2) is 6.34. The van der Waals surface area contributed by atoms with Crippen molar-refractivity contribution in [2.45, 2.75) is 13.0 Å². The number of nitrogens with zero attached hydrogens (tertiary/aromatic N) is 2. The summed E-state index contributed by atoms with van der Waals surface area (Å²) in [4.78, 5) is 10.5. The van der Waals surface area contributed by atoms with Gasteiger partial charge in [-0.15, -0.1) is 0 Å². The molecule has 0 atom stereocenters. The molecule has 0 aromatic heterocycles. The van der Waals surface area contributed by atoms with Crippen molar-refractivity contribution >= 4 is 5.69 Å². The Balaban J connectivity index is 2.25. The molecule has 100 valence electrons. The lowest BCUT2D eigenvalue weighted by Gasteiger charge is -2.10. The van der Waals surface area contributed by atoms with Crippen LogP contribution in [-0.2, 0) is 13.0 Å². The SMILES string of the molecule is N#CCc1c(OCc2ccccc2)cccc1[N+](=O)[O-]. The van der Waals surface area contributed by atoms with Crippen LogP contribution in [0.25, 0.3) is 0 Å². The highest BCUT2D eigenvalue weighted by atomic mass is 16.6. The molecule has 0 amide bonds. The van der Waals surface area contributed by atoms with Gasteiger partial charge in [-0.2, -0.15) is 5.26 Å². The summed E-state index contributed by atoms with van der Waals surface area (Å²) in [6.45, 7) is 0.306. The monoisotopic (exact) mass is 268 g/mol. The van der Waals surface area contributed by atoms with Gasteiger partial charge in [-0.3, -0.25) is 10.1 Å². The van der Waals surface area contributed by atoms with Crippen LogP contribution in [0.15, 0.2) is 48.5 Å². The first-order valence-corrected chi connectivity index (χ1v) is 6.02. The number of nitriles is 1. The summed E-state index contributed by atoms with van der Waals surface area (Å²) in [6.07, 6.45) is -0.0543. The van der Waals surface area contributed by atoms with E-state index in [-0.39, 0.29) is 12.1 Å². The molecule has 0 saturated carbocycles. The van der Waals surface area contributed by atoms with Crippen LogP contribution in [0.4, 0.5) is 5.69 Å². The summed E-state index contributed by atoms with van der Waals surface area (Å²) in [5.74, 6) is 0.379. The average Bonchev–Trinajstić information content (AvgIpc) is 2.47. The van der Waals surface area contributed by atoms with E-state index in [4.69, 9.17) is 10.00 Å². The van der Waals surface area contributed by atoms with Gasteiger partial charge in [0.1, 0.15) is 12.4 Å². The molecule has 2 aromatic carbocycles. The fourth-order valence-electron chi connectivity index (χ4n) is 1.85. The Labute approximate surface area is 116 Å². The zero-order valence-electron chi connectivity index (χ0n) is 10.7. The Hall–Kier alpha value is -2.87. The summed E-state index contributed by atoms with van der Waals surface area (Å²) >= 11 is 0. The maximum absolute atomic E-state index is 11.0. The first-order chi connectivity index (χ1) is 9.72. The Morgan fingerprint density at radius 1 is 1.15 bits per heavy atom. The maximum Gasteiger partial charge on any atom is 0.277 e. The molecule has 5 nitrogen and oxygen atoms in total. The third-order valence-electron chi connectivity index (χ3n) is 2.80. The summed E-state index contributed by atoms with van der Waals surface area (Å²) in [5.41, 5.74) is 1.19. The minimum absolute atomic E-state index is 0.0543. The van der Waals surface area contributed by atoms with Gasteiger partial charge in [0.15, 0.2) is 0 Å². The molecule has 0 unspecified atom stereocenters. The molecule has 20 heavy (non-hydrogen) atoms. The quantitative estimate of drug-likeness (QED) is 0.616. The van der Waals surface area contributed by atoms with E-state index in [9.17, 15) is 10.1 Å². The van der Waals surface area contributed by atoms with E-state index in [0.717, 1.165) is 5.56 Å². The van der Waals surface area contributed by atoms with E-state index in [1.807, 2.05) is 36.4 Å². The van der Waals surface area contributed by atoms with Crippen molar-refractivity contribution in [2.24, 2.45) is 0 Å². The molecule has 0 aliphatic heterocycles. The van der Waals surface area contributed by atoms with Gasteiger partial charge in [0.05, 0.1) is 23.0 Å². The second-order valence-electron chi connectivity index (χ2n) is 4.12. The van der Waals surface area contributed by atoms with E-state index in [1.165, 1.54) is 6.07 Å². The van der Waals surface area contributed by atoms with Gasteiger partial charge in [-0.1, -0.05) is 36.4 Å². The van der Waals surface area contributed by atoms with Crippen molar-refractivity contribution in [1.82, 2.24) is 0 Å². The van der Waals surface area contributed by atoms with Crippen LogP contribution >= 0.6 is 0 Å². The molecule has 0 heterocycles. The molecule has 0 saturated heterocycles. The van der Waals surface area contributed by atoms with Crippen molar-refractivity contribution in [3.8, 4) is 11.8 Å². The largest absolute Gasteiger partial charge is 0.488 e. The van der Waals surface area contributed by atoms with Crippen LogP contribution in [0.3, 0.4) is 0 Å². The first kappa shape index (κ1) is 13.6. The van der Waals surface area contributed by atoms with Crippen LogP contribution in [0.5, 0.6) is 5.75 Å². The van der Waals surface area contributed by atoms with Crippen LogP contribution in [0, 0.1) is 21.4 Å². The lowest BCUT2D eigenvalue weighted by atomic mass is 10.1. The minimum Gasteiger partial charge on any atom is -0.488 e. The predicted molar refractivity (Wildman–Crippen MR) is 73.2 cm³/mol. The fourth-order valence-corrected chi connectivity index (χ4v) is 1.85. The smallest absolute Gasteiger partial charge is 0.277 e. The van der Waals surface area contributed by atoms with Gasteiger partial charge >= 0.3 is 0 Å². The van der Waals surface area contributed by atoms with Crippen molar-refractivity contribution in [3.05, 3.63) is 69.8 Å². The molecular weight excluding hydrogens is 256 g/mol. The van der Waals surface area contributed by atoms with Crippen LogP contribution in [-0.4, -0.2) is 4.92 Å². The fraction of sp³-hybridized carbons (Fsp3) is 0.133. The van der Waals surface area contributed by atoms with Gasteiger partial charge in [-0.05, 0) is 11.6 Å². The molecule has 0 N–H and O–H groups in total. The Morgan fingerprint density at radius 2 is 1.90 bits per heavy atom. The molecule has 2 rings (SSSR count). The number of hydrogen-bond donors (Lipinski definition) is 0. The van der Waals surface area contributed by atoms with E-state index in [0.29, 0.717) is 17.9 Å². The van der Waals surface area contributed by atoms with E-state index in [2.05, 4.69) is 0 Å². The van der Waals surface area contributed by atoms with Crippen molar-refractivity contribution in [1.29, 1.82) is 5.26 Å². The minimum atomic E-state index is -0.498. The molecular formula is C15H12N2O3. The molecule has 0 spiro atoms. The Kier molecular flexibility index (Phi) is 4.30. The Morgan fingerprint density at radius 3 is 2.55 bits per heavy atom. The summed E-state index contributed by atoms with van der Waals surface area (Å²) in [5, 5.41) is 19.8. The third-order valence-corrected chi connectivity index (χ3v) is 2.80. The number of nitro groups is 1. The number of benzene rings is 2. The predicted octanol–water partition coefficient (Wildman–Crippen LogP) is 3.24. The number of hydrogen-bond acceptors (Lipinski definition) is 4. The van der Waals surface area contributed by atoms with Gasteiger partial charge in [0.2, 0.25) is 0 Å². The third kappa shape index (κ3) is 3.12. The normalized spacial score (nSPS) is 9.75. The topological polar surface area (TPSA) is 76.2 Å². The van der Waals surface area contributed by atoms with Crippen molar-refractivity contribution in [3.63, 3.8) is 0 Å². The highest BCUT2D eigenvalue weighted by Gasteiger charge is 2.18. The van der Waals surface area contributed by atoms with Crippen molar-refractivity contribution in [2.75, 3.05) is 0 Å². The zero-order valence-corrected chi connectivity index (χ0v) is 10.7. The molecule has 0 fully saturated rings. The second-order valence-corrected chi connectivity index (χ2v) is 4.12. The first-order valence-electron chi connectivity index (χ1n) is 6.02. The van der Waals surface area contributed by atoms with Crippen molar-refractivity contribution < 1.29 is 9.66 Å². The molecule has 0 aliphatic carbocycles. The molecule has 2 aromatic rings. The van der Waals surface area contributed by atoms with E-state index < -0.39 is 4.92 Å². The van der Waals surface area contributed by atoms with Crippen LogP contribution < -0.4 is 4.74 Å². The average molecular weight is 268 g/mol. The summed E-state index contributed by atoms with van der Waals surface area (Å²) < 4.78 is 5.61. The van der Waals surface area contributed by atoms with Crippen LogP contribution in [0.2, 0.25) is 0 Å². The summed E-state index contributed by atoms with van der Waals surface area (Å²) in [6, 6.07) is 16.0.